The Bertz CT molecular complexity index is 984. The molecular weight excluding hydrogens is 346 g/mol. The fourth-order valence-electron chi connectivity index (χ4n) is 3.90. The smallest absolute Gasteiger partial charge is 0.259 e. The van der Waals surface area contributed by atoms with Gasteiger partial charge in [-0.1, -0.05) is 29.8 Å². The van der Waals surface area contributed by atoms with Gasteiger partial charge in [-0.05, 0) is 62.2 Å². The van der Waals surface area contributed by atoms with Gasteiger partial charge in [-0.25, -0.2) is 0 Å². The van der Waals surface area contributed by atoms with Crippen molar-refractivity contribution in [3.05, 3.63) is 64.2 Å². The van der Waals surface area contributed by atoms with Gasteiger partial charge in [0.2, 0.25) is 0 Å². The van der Waals surface area contributed by atoms with Crippen LogP contribution >= 0.6 is 11.6 Å². The third-order valence-electron chi connectivity index (χ3n) is 5.02. The van der Waals surface area contributed by atoms with Crippen LogP contribution in [0.25, 0.3) is 17.2 Å². The summed E-state index contributed by atoms with van der Waals surface area (Å²) in [5.41, 5.74) is 5.33. The van der Waals surface area contributed by atoms with Crippen LogP contribution < -0.4 is 9.64 Å². The summed E-state index contributed by atoms with van der Waals surface area (Å²) in [5.74, 6) is 0.765. The predicted molar refractivity (Wildman–Crippen MR) is 108 cm³/mol. The summed E-state index contributed by atoms with van der Waals surface area (Å²) < 4.78 is 5.49. The molecule has 0 spiro atoms. The van der Waals surface area contributed by atoms with E-state index in [0.29, 0.717) is 10.6 Å². The highest BCUT2D eigenvalue weighted by Crippen LogP contribution is 2.50. The Balaban J connectivity index is 1.98. The Morgan fingerprint density at radius 1 is 1.12 bits per heavy atom. The first kappa shape index (κ1) is 16.9. The number of ether oxygens (including phenoxy) is 1. The van der Waals surface area contributed by atoms with Crippen LogP contribution in [-0.4, -0.2) is 18.6 Å². The molecule has 2 aliphatic rings. The Morgan fingerprint density at radius 2 is 1.77 bits per heavy atom. The first-order chi connectivity index (χ1) is 12.3. The summed E-state index contributed by atoms with van der Waals surface area (Å²) in [6.45, 7) is 6.21. The van der Waals surface area contributed by atoms with E-state index in [2.05, 4.69) is 26.8 Å². The lowest BCUT2D eigenvalue weighted by Gasteiger charge is -2.38. The molecule has 0 unspecified atom stereocenters. The molecule has 26 heavy (non-hydrogen) atoms. The molecule has 2 aliphatic heterocycles. The predicted octanol–water partition coefficient (Wildman–Crippen LogP) is 5.43. The van der Waals surface area contributed by atoms with E-state index in [0.717, 1.165) is 33.7 Å². The van der Waals surface area contributed by atoms with Gasteiger partial charge in [0.15, 0.2) is 0 Å². The summed E-state index contributed by atoms with van der Waals surface area (Å²) in [6, 6.07) is 11.5. The molecule has 0 bridgehead atoms. The van der Waals surface area contributed by atoms with Crippen molar-refractivity contribution in [3.8, 4) is 5.75 Å². The van der Waals surface area contributed by atoms with E-state index < -0.39 is 0 Å². The third-order valence-corrected chi connectivity index (χ3v) is 5.27. The molecule has 0 N–H and O–H groups in total. The Hall–Kier alpha value is -2.52. The van der Waals surface area contributed by atoms with Crippen LogP contribution in [-0.2, 0) is 4.79 Å². The van der Waals surface area contributed by atoms with Crippen LogP contribution in [0.1, 0.15) is 37.5 Å². The first-order valence-electron chi connectivity index (χ1n) is 8.56. The van der Waals surface area contributed by atoms with E-state index in [-0.39, 0.29) is 11.4 Å². The minimum atomic E-state index is -0.382. The molecule has 0 atom stereocenters. The number of anilines is 1. The molecular formula is C22H20ClNO2. The molecule has 0 fully saturated rings. The summed E-state index contributed by atoms with van der Waals surface area (Å²) in [6.07, 6.45) is 4.07. The fourth-order valence-corrected chi connectivity index (χ4v) is 4.02. The molecule has 0 aliphatic carbocycles. The number of carbonyl (C=O) groups is 1. The van der Waals surface area contributed by atoms with Crippen molar-refractivity contribution in [2.24, 2.45) is 0 Å². The van der Waals surface area contributed by atoms with Crippen LogP contribution in [0.3, 0.4) is 0 Å². The molecule has 1 amide bonds. The molecule has 0 saturated carbocycles. The van der Waals surface area contributed by atoms with E-state index in [1.807, 2.05) is 47.4 Å². The van der Waals surface area contributed by atoms with Gasteiger partial charge in [-0.2, -0.15) is 0 Å². The van der Waals surface area contributed by atoms with Crippen LogP contribution in [0.5, 0.6) is 5.75 Å². The lowest BCUT2D eigenvalue weighted by Crippen LogP contribution is -2.46. The molecule has 2 aromatic carbocycles. The molecule has 0 aromatic heterocycles. The summed E-state index contributed by atoms with van der Waals surface area (Å²) in [4.78, 5) is 15.2. The summed E-state index contributed by atoms with van der Waals surface area (Å²) >= 11 is 5.99. The quantitative estimate of drug-likeness (QED) is 0.664. The molecule has 132 valence electrons. The van der Waals surface area contributed by atoms with Crippen molar-refractivity contribution in [2.45, 2.75) is 26.3 Å². The number of carbonyl (C=O) groups excluding carboxylic acids is 1. The van der Waals surface area contributed by atoms with Crippen molar-refractivity contribution in [1.82, 2.24) is 0 Å². The van der Waals surface area contributed by atoms with E-state index in [1.165, 1.54) is 0 Å². The van der Waals surface area contributed by atoms with E-state index >= 15 is 0 Å². The van der Waals surface area contributed by atoms with Crippen LogP contribution in [0.4, 0.5) is 5.69 Å². The minimum absolute atomic E-state index is 0.0122. The van der Waals surface area contributed by atoms with Crippen molar-refractivity contribution in [3.63, 3.8) is 0 Å². The number of rotatable bonds is 2. The molecule has 4 heteroatoms. The zero-order chi connectivity index (χ0) is 18.6. The van der Waals surface area contributed by atoms with Gasteiger partial charge in [-0.15, -0.1) is 0 Å². The highest BCUT2D eigenvalue weighted by Gasteiger charge is 2.44. The van der Waals surface area contributed by atoms with E-state index in [9.17, 15) is 4.79 Å². The van der Waals surface area contributed by atoms with Gasteiger partial charge in [0.25, 0.3) is 5.91 Å². The molecule has 3 nitrogen and oxygen atoms in total. The maximum atomic E-state index is 13.3. The lowest BCUT2D eigenvalue weighted by molar-refractivity contribution is -0.113. The number of nitrogens with zero attached hydrogens (tertiary/aromatic N) is 1. The number of amides is 1. The van der Waals surface area contributed by atoms with Crippen molar-refractivity contribution >= 4 is 40.4 Å². The van der Waals surface area contributed by atoms with Gasteiger partial charge in [0.05, 0.1) is 23.9 Å². The Labute approximate surface area is 158 Å². The van der Waals surface area contributed by atoms with Gasteiger partial charge < -0.3 is 4.74 Å². The largest absolute Gasteiger partial charge is 0.497 e. The van der Waals surface area contributed by atoms with Crippen LogP contribution in [0, 0.1) is 0 Å². The Kier molecular flexibility index (Phi) is 3.74. The Morgan fingerprint density at radius 3 is 2.42 bits per heavy atom. The first-order valence-corrected chi connectivity index (χ1v) is 8.94. The fraction of sp³-hybridized carbons (Fsp3) is 0.227. The van der Waals surface area contributed by atoms with Gasteiger partial charge in [-0.3, -0.25) is 9.69 Å². The summed E-state index contributed by atoms with van der Waals surface area (Å²) in [5, 5.41) is 0.676. The molecule has 2 heterocycles. The second kappa shape index (κ2) is 5.75. The van der Waals surface area contributed by atoms with Crippen molar-refractivity contribution in [1.29, 1.82) is 0 Å². The number of hydrogen-bond donors (Lipinski definition) is 0. The zero-order valence-corrected chi connectivity index (χ0v) is 16.0. The maximum Gasteiger partial charge on any atom is 0.259 e. The number of allylic oxidation sites excluding steroid dienone is 1. The average Bonchev–Trinajstić information content (AvgIpc) is 2.87. The highest BCUT2D eigenvalue weighted by molar-refractivity contribution is 6.37. The SMILES string of the molecule is COc1cc2c3c(c1)/C(=C\c1ccc(Cl)cc1)C(=O)N3C(C)(C)C=C2C. The average molecular weight is 366 g/mol. The molecule has 4 rings (SSSR count). The summed E-state index contributed by atoms with van der Waals surface area (Å²) in [7, 11) is 1.65. The minimum Gasteiger partial charge on any atom is -0.497 e. The molecule has 2 aromatic rings. The maximum absolute atomic E-state index is 13.3. The van der Waals surface area contributed by atoms with Gasteiger partial charge in [0.1, 0.15) is 5.75 Å². The number of benzene rings is 2. The van der Waals surface area contributed by atoms with Crippen LogP contribution in [0.15, 0.2) is 42.5 Å². The van der Waals surface area contributed by atoms with Gasteiger partial charge >= 0.3 is 0 Å². The zero-order valence-electron chi connectivity index (χ0n) is 15.3. The number of hydrogen-bond acceptors (Lipinski definition) is 2. The van der Waals surface area contributed by atoms with Crippen molar-refractivity contribution < 1.29 is 9.53 Å². The number of halogens is 1. The molecule has 0 radical (unpaired) electrons. The van der Waals surface area contributed by atoms with Crippen LogP contribution in [0.2, 0.25) is 5.02 Å². The van der Waals surface area contributed by atoms with E-state index in [4.69, 9.17) is 16.3 Å². The second-order valence-electron chi connectivity index (χ2n) is 7.30. The van der Waals surface area contributed by atoms with Crippen molar-refractivity contribution in [2.75, 3.05) is 12.0 Å². The van der Waals surface area contributed by atoms with Gasteiger partial charge in [0, 0.05) is 16.1 Å². The number of methoxy groups -OCH3 is 1. The highest BCUT2D eigenvalue weighted by atomic mass is 35.5. The monoisotopic (exact) mass is 365 g/mol. The molecule has 0 saturated heterocycles. The normalized spacial score (nSPS) is 18.8. The topological polar surface area (TPSA) is 29.5 Å². The van der Waals surface area contributed by atoms with E-state index in [1.54, 1.807) is 7.11 Å². The third kappa shape index (κ3) is 2.46. The lowest BCUT2D eigenvalue weighted by atomic mass is 9.89. The second-order valence-corrected chi connectivity index (χ2v) is 7.74. The standard InChI is InChI=1S/C22H20ClNO2/c1-13-12-22(2,3)24-20-17(13)10-16(26-4)11-18(20)19(21(24)25)9-14-5-7-15(23)8-6-14/h5-12H,1-4H3/b19-9+.